The number of hydrogen-bond donors (Lipinski definition) is 2. The molecular formula is C27H24N6O4. The van der Waals surface area contributed by atoms with E-state index in [1.54, 1.807) is 18.9 Å². The molecule has 186 valence electrons. The van der Waals surface area contributed by atoms with Crippen LogP contribution in [0.3, 0.4) is 0 Å². The number of nitrogens with zero attached hydrogens (tertiary/aromatic N) is 4. The average Bonchev–Trinajstić information content (AvgIpc) is 3.39. The van der Waals surface area contributed by atoms with E-state index in [-0.39, 0.29) is 5.91 Å². The highest BCUT2D eigenvalue weighted by Crippen LogP contribution is 2.51. The number of para-hydroxylation sites is 1. The Kier molecular flexibility index (Phi) is 5.48. The highest BCUT2D eigenvalue weighted by Gasteiger charge is 2.41. The Morgan fingerprint density at radius 3 is 2.51 bits per heavy atom. The third-order valence-corrected chi connectivity index (χ3v) is 6.50. The van der Waals surface area contributed by atoms with E-state index < -0.39 is 12.1 Å². The SMILES string of the molecule is COc1ccc([C@@H]2C3=C(Nc4nnnn42)c2ccccc2O[C@@H]3c2ccc(NC(C)=O)cc2)cc1OC. The van der Waals surface area contributed by atoms with E-state index in [1.807, 2.05) is 66.7 Å². The van der Waals surface area contributed by atoms with Gasteiger partial charge in [-0.25, -0.2) is 0 Å². The van der Waals surface area contributed by atoms with E-state index in [4.69, 9.17) is 14.2 Å². The lowest BCUT2D eigenvalue weighted by Crippen LogP contribution is -2.32. The Hall–Kier alpha value is -4.86. The molecule has 2 atom stereocenters. The number of amides is 1. The molecule has 1 aromatic heterocycles. The van der Waals surface area contributed by atoms with Crippen LogP contribution >= 0.6 is 0 Å². The van der Waals surface area contributed by atoms with E-state index in [2.05, 4.69) is 26.2 Å². The van der Waals surface area contributed by atoms with Crippen LogP contribution in [0, 0.1) is 0 Å². The molecule has 0 fully saturated rings. The Morgan fingerprint density at radius 1 is 1.00 bits per heavy atom. The molecule has 1 amide bonds. The predicted octanol–water partition coefficient (Wildman–Crippen LogP) is 4.21. The zero-order valence-electron chi connectivity index (χ0n) is 20.4. The van der Waals surface area contributed by atoms with Crippen molar-refractivity contribution < 1.29 is 19.0 Å². The zero-order chi connectivity index (χ0) is 25.5. The Labute approximate surface area is 212 Å². The molecule has 6 rings (SSSR count). The second kappa shape index (κ2) is 8.98. The summed E-state index contributed by atoms with van der Waals surface area (Å²) in [5.41, 5.74) is 5.28. The number of rotatable bonds is 5. The molecule has 0 aliphatic carbocycles. The summed E-state index contributed by atoms with van der Waals surface area (Å²) in [4.78, 5) is 11.5. The molecule has 37 heavy (non-hydrogen) atoms. The third kappa shape index (κ3) is 3.83. The molecule has 2 aliphatic heterocycles. The number of nitrogens with one attached hydrogen (secondary N) is 2. The van der Waals surface area contributed by atoms with Gasteiger partial charge in [0.25, 0.3) is 0 Å². The normalized spacial score (nSPS) is 17.5. The molecule has 10 nitrogen and oxygen atoms in total. The van der Waals surface area contributed by atoms with Gasteiger partial charge in [-0.05, 0) is 58.0 Å². The minimum absolute atomic E-state index is 0.128. The number of aromatic nitrogens is 4. The Morgan fingerprint density at radius 2 is 1.76 bits per heavy atom. The van der Waals surface area contributed by atoms with Crippen LogP contribution in [-0.4, -0.2) is 40.3 Å². The maximum Gasteiger partial charge on any atom is 0.248 e. The molecule has 2 aliphatic rings. The van der Waals surface area contributed by atoms with Crippen LogP contribution in [0.25, 0.3) is 5.70 Å². The molecule has 0 saturated heterocycles. The van der Waals surface area contributed by atoms with Crippen LogP contribution in [0.15, 0.2) is 72.3 Å². The summed E-state index contributed by atoms with van der Waals surface area (Å²) in [5, 5.41) is 18.7. The summed E-state index contributed by atoms with van der Waals surface area (Å²) in [6.07, 6.45) is -0.459. The summed E-state index contributed by atoms with van der Waals surface area (Å²) < 4.78 is 19.4. The monoisotopic (exact) mass is 496 g/mol. The average molecular weight is 497 g/mol. The van der Waals surface area contributed by atoms with E-state index in [0.29, 0.717) is 23.1 Å². The van der Waals surface area contributed by atoms with Crippen molar-refractivity contribution >= 4 is 23.2 Å². The molecule has 3 aromatic carbocycles. The second-order valence-electron chi connectivity index (χ2n) is 8.72. The molecule has 0 bridgehead atoms. The van der Waals surface area contributed by atoms with Crippen LogP contribution in [-0.2, 0) is 4.79 Å². The number of benzene rings is 3. The Balaban J connectivity index is 1.55. The largest absolute Gasteiger partial charge is 0.493 e. The molecule has 2 N–H and O–H groups in total. The Bertz CT molecular complexity index is 1530. The van der Waals surface area contributed by atoms with Crippen LogP contribution in [0.5, 0.6) is 17.2 Å². The first kappa shape index (κ1) is 22.6. The summed E-state index contributed by atoms with van der Waals surface area (Å²) in [6, 6.07) is 20.9. The summed E-state index contributed by atoms with van der Waals surface area (Å²) in [6.45, 7) is 1.48. The van der Waals surface area contributed by atoms with Gasteiger partial charge in [-0.2, -0.15) is 4.68 Å². The number of carbonyl (C=O) groups is 1. The van der Waals surface area contributed by atoms with E-state index in [9.17, 15) is 4.79 Å². The number of carbonyl (C=O) groups excluding carboxylic acids is 1. The number of ether oxygens (including phenoxy) is 3. The molecular weight excluding hydrogens is 472 g/mol. The number of methoxy groups -OCH3 is 2. The number of anilines is 2. The van der Waals surface area contributed by atoms with Crippen molar-refractivity contribution in [2.45, 2.75) is 19.1 Å². The standard InChI is InChI=1S/C27H24N6O4/c1-15(34)28-18-11-8-16(9-12-18)26-23-24(19-6-4-5-7-20(19)37-26)29-27-30-31-32-33(27)25(23)17-10-13-21(35-2)22(14-17)36-3/h4-14,25-26H,1-3H3,(H,28,34)(H,29,30,32)/t25-,26-/m1/s1. The van der Waals surface area contributed by atoms with Crippen molar-refractivity contribution in [1.82, 2.24) is 20.2 Å². The molecule has 0 unspecified atom stereocenters. The van der Waals surface area contributed by atoms with Crippen molar-refractivity contribution in [3.8, 4) is 17.2 Å². The lowest BCUT2D eigenvalue weighted by Gasteiger charge is -2.38. The fourth-order valence-corrected chi connectivity index (χ4v) is 4.90. The second-order valence-corrected chi connectivity index (χ2v) is 8.72. The highest BCUT2D eigenvalue weighted by atomic mass is 16.5. The molecule has 3 heterocycles. The molecule has 0 saturated carbocycles. The van der Waals surface area contributed by atoms with Crippen molar-refractivity contribution in [3.05, 3.63) is 89.0 Å². The van der Waals surface area contributed by atoms with Crippen LogP contribution < -0.4 is 24.8 Å². The van der Waals surface area contributed by atoms with Crippen molar-refractivity contribution in [3.63, 3.8) is 0 Å². The van der Waals surface area contributed by atoms with E-state index >= 15 is 0 Å². The lowest BCUT2D eigenvalue weighted by atomic mass is 9.84. The number of hydrogen-bond acceptors (Lipinski definition) is 8. The van der Waals surface area contributed by atoms with Gasteiger partial charge in [-0.1, -0.05) is 35.4 Å². The first-order chi connectivity index (χ1) is 18.1. The summed E-state index contributed by atoms with van der Waals surface area (Å²) in [5.74, 6) is 2.37. The van der Waals surface area contributed by atoms with Gasteiger partial charge >= 0.3 is 0 Å². The molecule has 4 aromatic rings. The van der Waals surface area contributed by atoms with Gasteiger partial charge in [0.1, 0.15) is 17.9 Å². The van der Waals surface area contributed by atoms with Crippen molar-refractivity contribution in [2.24, 2.45) is 0 Å². The fourth-order valence-electron chi connectivity index (χ4n) is 4.90. The minimum Gasteiger partial charge on any atom is -0.493 e. The maximum absolute atomic E-state index is 11.5. The van der Waals surface area contributed by atoms with Crippen LogP contribution in [0.4, 0.5) is 11.6 Å². The van der Waals surface area contributed by atoms with Crippen molar-refractivity contribution in [1.29, 1.82) is 0 Å². The van der Waals surface area contributed by atoms with Gasteiger partial charge < -0.3 is 24.8 Å². The number of tetrazole rings is 1. The zero-order valence-corrected chi connectivity index (χ0v) is 20.4. The van der Waals surface area contributed by atoms with Gasteiger partial charge in [0.15, 0.2) is 11.5 Å². The summed E-state index contributed by atoms with van der Waals surface area (Å²) >= 11 is 0. The highest BCUT2D eigenvalue weighted by molar-refractivity contribution is 5.89. The topological polar surface area (TPSA) is 112 Å². The van der Waals surface area contributed by atoms with E-state index in [0.717, 1.165) is 33.7 Å². The van der Waals surface area contributed by atoms with Crippen molar-refractivity contribution in [2.75, 3.05) is 24.9 Å². The van der Waals surface area contributed by atoms with Gasteiger partial charge in [-0.3, -0.25) is 4.79 Å². The maximum atomic E-state index is 11.5. The first-order valence-corrected chi connectivity index (χ1v) is 11.7. The third-order valence-electron chi connectivity index (χ3n) is 6.50. The van der Waals surface area contributed by atoms with Gasteiger partial charge in [0, 0.05) is 23.7 Å². The molecule has 0 spiro atoms. The summed E-state index contributed by atoms with van der Waals surface area (Å²) in [7, 11) is 3.21. The van der Waals surface area contributed by atoms with Crippen LogP contribution in [0.2, 0.25) is 0 Å². The smallest absolute Gasteiger partial charge is 0.248 e. The predicted molar refractivity (Wildman–Crippen MR) is 137 cm³/mol. The molecule has 10 heteroatoms. The lowest BCUT2D eigenvalue weighted by molar-refractivity contribution is -0.114. The van der Waals surface area contributed by atoms with Crippen LogP contribution in [0.1, 0.15) is 35.8 Å². The van der Waals surface area contributed by atoms with Gasteiger partial charge in [0.2, 0.25) is 11.9 Å². The molecule has 0 radical (unpaired) electrons. The first-order valence-electron chi connectivity index (χ1n) is 11.7. The quantitative estimate of drug-likeness (QED) is 0.423. The van der Waals surface area contributed by atoms with Gasteiger partial charge in [-0.15, -0.1) is 0 Å². The van der Waals surface area contributed by atoms with E-state index in [1.165, 1.54) is 6.92 Å². The van der Waals surface area contributed by atoms with Gasteiger partial charge in [0.05, 0.1) is 19.9 Å². The minimum atomic E-state index is -0.459. The fraction of sp³-hybridized carbons (Fsp3) is 0.185. The number of fused-ring (bicyclic) bond motifs is 3.